The maximum Gasteiger partial charge on any atom is 0.133 e. The van der Waals surface area contributed by atoms with E-state index in [1.165, 1.54) is 0 Å². The Morgan fingerprint density at radius 3 is 2.93 bits per heavy atom. The first-order valence-electron chi connectivity index (χ1n) is 4.99. The van der Waals surface area contributed by atoms with Crippen molar-refractivity contribution in [1.82, 2.24) is 10.2 Å². The molecule has 0 atom stereocenters. The van der Waals surface area contributed by atoms with E-state index >= 15 is 0 Å². The minimum Gasteiger partial charge on any atom is -0.467 e. The first-order valence-corrected chi connectivity index (χ1v) is 4.99. The molecular weight excluding hydrogens is 180 g/mol. The maximum atomic E-state index is 9.01. The molecule has 2 N–H and O–H groups in total. The molecule has 0 amide bonds. The van der Waals surface area contributed by atoms with Crippen LogP contribution in [0, 0.1) is 0 Å². The number of aliphatic hydroxyl groups excluding tert-OH is 1. The summed E-state index contributed by atoms with van der Waals surface area (Å²) in [6.07, 6.45) is 1.64. The summed E-state index contributed by atoms with van der Waals surface area (Å²) in [4.78, 5) is 2.36. The largest absolute Gasteiger partial charge is 0.467 e. The van der Waals surface area contributed by atoms with Crippen LogP contribution in [0.2, 0.25) is 0 Å². The number of aliphatic hydroxyl groups is 1. The van der Waals surface area contributed by atoms with Crippen molar-refractivity contribution >= 4 is 0 Å². The zero-order valence-corrected chi connectivity index (χ0v) is 8.20. The van der Waals surface area contributed by atoms with Crippen LogP contribution in [0.15, 0.2) is 16.7 Å². The van der Waals surface area contributed by atoms with Gasteiger partial charge in [-0.1, -0.05) is 0 Å². The average Bonchev–Trinajstić information content (AvgIpc) is 2.67. The molecule has 0 unspecified atom stereocenters. The second kappa shape index (κ2) is 4.59. The minimum atomic E-state index is -0.00553. The van der Waals surface area contributed by atoms with Crippen LogP contribution in [-0.4, -0.2) is 36.2 Å². The number of furan rings is 1. The highest BCUT2D eigenvalue weighted by Crippen LogP contribution is 2.13. The lowest BCUT2D eigenvalue weighted by Gasteiger charge is -2.26. The number of piperazine rings is 1. The Morgan fingerprint density at radius 2 is 2.21 bits per heavy atom. The molecule has 2 heterocycles. The Morgan fingerprint density at radius 1 is 1.43 bits per heavy atom. The quantitative estimate of drug-likeness (QED) is 0.724. The summed E-state index contributed by atoms with van der Waals surface area (Å²) >= 11 is 0. The molecule has 4 heteroatoms. The van der Waals surface area contributed by atoms with Crippen LogP contribution in [0.1, 0.15) is 11.3 Å². The predicted octanol–water partition coefficient (Wildman–Crippen LogP) is 0.177. The fourth-order valence-electron chi connectivity index (χ4n) is 1.76. The van der Waals surface area contributed by atoms with Gasteiger partial charge in [-0.25, -0.2) is 0 Å². The fourth-order valence-corrected chi connectivity index (χ4v) is 1.76. The summed E-state index contributed by atoms with van der Waals surface area (Å²) < 4.78 is 5.16. The van der Waals surface area contributed by atoms with Gasteiger partial charge in [0.1, 0.15) is 12.4 Å². The highest BCUT2D eigenvalue weighted by atomic mass is 16.4. The number of nitrogens with zero attached hydrogens (tertiary/aromatic N) is 1. The van der Waals surface area contributed by atoms with Gasteiger partial charge in [0.25, 0.3) is 0 Å². The van der Waals surface area contributed by atoms with Crippen LogP contribution >= 0.6 is 0 Å². The zero-order chi connectivity index (χ0) is 9.80. The SMILES string of the molecule is OCc1occc1CN1CCNCC1. The third kappa shape index (κ3) is 2.15. The second-order valence-electron chi connectivity index (χ2n) is 3.55. The Hall–Kier alpha value is -0.840. The zero-order valence-electron chi connectivity index (χ0n) is 8.20. The highest BCUT2D eigenvalue weighted by molar-refractivity contribution is 5.16. The van der Waals surface area contributed by atoms with Crippen molar-refractivity contribution < 1.29 is 9.52 Å². The van der Waals surface area contributed by atoms with Crippen molar-refractivity contribution in [3.63, 3.8) is 0 Å². The molecule has 1 aromatic heterocycles. The normalized spacial score (nSPS) is 18.6. The minimum absolute atomic E-state index is 0.00553. The second-order valence-corrected chi connectivity index (χ2v) is 3.55. The van der Waals surface area contributed by atoms with Crippen molar-refractivity contribution in [2.24, 2.45) is 0 Å². The van der Waals surface area contributed by atoms with E-state index in [9.17, 15) is 0 Å². The summed E-state index contributed by atoms with van der Waals surface area (Å²) in [5.41, 5.74) is 1.11. The fraction of sp³-hybridized carbons (Fsp3) is 0.600. The van der Waals surface area contributed by atoms with Gasteiger partial charge in [0.15, 0.2) is 0 Å². The van der Waals surface area contributed by atoms with Gasteiger partial charge in [-0.05, 0) is 6.07 Å². The van der Waals surface area contributed by atoms with E-state index in [1.807, 2.05) is 6.07 Å². The van der Waals surface area contributed by atoms with Crippen molar-refractivity contribution in [2.45, 2.75) is 13.2 Å². The topological polar surface area (TPSA) is 48.6 Å². The first kappa shape index (κ1) is 9.71. The number of nitrogens with one attached hydrogen (secondary N) is 1. The van der Waals surface area contributed by atoms with Gasteiger partial charge in [0, 0.05) is 38.3 Å². The Balaban J connectivity index is 1.95. The molecule has 0 aromatic carbocycles. The van der Waals surface area contributed by atoms with Crippen molar-refractivity contribution in [3.05, 3.63) is 23.7 Å². The van der Waals surface area contributed by atoms with E-state index in [1.54, 1.807) is 6.26 Å². The summed E-state index contributed by atoms with van der Waals surface area (Å²) in [7, 11) is 0. The van der Waals surface area contributed by atoms with Crippen molar-refractivity contribution in [3.8, 4) is 0 Å². The number of rotatable bonds is 3. The van der Waals surface area contributed by atoms with E-state index in [4.69, 9.17) is 9.52 Å². The lowest BCUT2D eigenvalue weighted by molar-refractivity contribution is 0.219. The van der Waals surface area contributed by atoms with Gasteiger partial charge in [-0.15, -0.1) is 0 Å². The molecular formula is C10H16N2O2. The first-order chi connectivity index (χ1) is 6.90. The maximum absolute atomic E-state index is 9.01. The molecule has 4 nitrogen and oxygen atoms in total. The molecule has 78 valence electrons. The number of hydrogen-bond acceptors (Lipinski definition) is 4. The molecule has 0 bridgehead atoms. The highest BCUT2D eigenvalue weighted by Gasteiger charge is 2.13. The van der Waals surface area contributed by atoms with Gasteiger partial charge in [-0.2, -0.15) is 0 Å². The van der Waals surface area contributed by atoms with E-state index in [-0.39, 0.29) is 6.61 Å². The van der Waals surface area contributed by atoms with Crippen LogP contribution in [0.25, 0.3) is 0 Å². The molecule has 0 saturated carbocycles. The van der Waals surface area contributed by atoms with Crippen LogP contribution in [0.5, 0.6) is 0 Å². The van der Waals surface area contributed by atoms with Crippen LogP contribution in [0.3, 0.4) is 0 Å². The molecule has 1 aliphatic rings. The number of hydrogen-bond donors (Lipinski definition) is 2. The van der Waals surface area contributed by atoms with Crippen molar-refractivity contribution in [2.75, 3.05) is 26.2 Å². The molecule has 2 rings (SSSR count). The molecule has 0 aliphatic carbocycles. The Labute approximate surface area is 83.5 Å². The van der Waals surface area contributed by atoms with Crippen molar-refractivity contribution in [1.29, 1.82) is 0 Å². The summed E-state index contributed by atoms with van der Waals surface area (Å²) in [5.74, 6) is 0.698. The lowest BCUT2D eigenvalue weighted by atomic mass is 10.2. The lowest BCUT2D eigenvalue weighted by Crippen LogP contribution is -2.42. The molecule has 14 heavy (non-hydrogen) atoms. The van der Waals surface area contributed by atoms with Crippen LogP contribution < -0.4 is 5.32 Å². The summed E-state index contributed by atoms with van der Waals surface area (Å²) in [6, 6.07) is 1.94. The van der Waals surface area contributed by atoms with Crippen LogP contribution in [-0.2, 0) is 13.2 Å². The van der Waals surface area contributed by atoms with E-state index in [2.05, 4.69) is 10.2 Å². The molecule has 1 aliphatic heterocycles. The Bertz CT molecular complexity index is 279. The third-order valence-corrected chi connectivity index (χ3v) is 2.58. The average molecular weight is 196 g/mol. The molecule has 1 fully saturated rings. The molecule has 1 saturated heterocycles. The third-order valence-electron chi connectivity index (χ3n) is 2.58. The molecule has 1 aromatic rings. The van der Waals surface area contributed by atoms with E-state index < -0.39 is 0 Å². The monoisotopic (exact) mass is 196 g/mol. The van der Waals surface area contributed by atoms with Gasteiger partial charge < -0.3 is 14.8 Å². The Kier molecular flexibility index (Phi) is 3.18. The standard InChI is InChI=1S/C10H16N2O2/c13-8-10-9(1-6-14-10)7-12-4-2-11-3-5-12/h1,6,11,13H,2-5,7-8H2. The smallest absolute Gasteiger partial charge is 0.133 e. The summed E-state index contributed by atoms with van der Waals surface area (Å²) in [6.45, 7) is 5.10. The van der Waals surface area contributed by atoms with Gasteiger partial charge in [-0.3, -0.25) is 4.90 Å². The van der Waals surface area contributed by atoms with E-state index in [0.717, 1.165) is 38.3 Å². The predicted molar refractivity (Wildman–Crippen MR) is 52.8 cm³/mol. The van der Waals surface area contributed by atoms with Gasteiger partial charge >= 0.3 is 0 Å². The summed E-state index contributed by atoms with van der Waals surface area (Å²) in [5, 5.41) is 12.3. The van der Waals surface area contributed by atoms with Crippen LogP contribution in [0.4, 0.5) is 0 Å². The van der Waals surface area contributed by atoms with Gasteiger partial charge in [0.05, 0.1) is 6.26 Å². The van der Waals surface area contributed by atoms with E-state index in [0.29, 0.717) is 5.76 Å². The van der Waals surface area contributed by atoms with Gasteiger partial charge in [0.2, 0.25) is 0 Å². The molecule has 0 radical (unpaired) electrons. The molecule has 0 spiro atoms.